The molecule has 1 amide bonds. The first-order chi connectivity index (χ1) is 14.2. The third kappa shape index (κ3) is 5.07. The van der Waals surface area contributed by atoms with Crippen LogP contribution in [0.3, 0.4) is 0 Å². The van der Waals surface area contributed by atoms with Crippen LogP contribution < -0.4 is 10.2 Å². The number of unbranched alkanes of at least 4 members (excludes halogenated alkanes) is 1. The first kappa shape index (κ1) is 21.1. The molecule has 1 aromatic heterocycles. The molecule has 1 aliphatic heterocycles. The SMILES string of the molecule is CCCCN1Cc2cc(NCc3cnccc3N(CC)CCOC)ccc2C1=O. The minimum Gasteiger partial charge on any atom is -0.383 e. The highest BCUT2D eigenvalue weighted by molar-refractivity contribution is 5.98. The van der Waals surface area contributed by atoms with Crippen molar-refractivity contribution in [3.8, 4) is 0 Å². The fraction of sp³-hybridized carbons (Fsp3) is 0.478. The summed E-state index contributed by atoms with van der Waals surface area (Å²) in [5.74, 6) is 0.159. The molecule has 6 nitrogen and oxygen atoms in total. The van der Waals surface area contributed by atoms with Crippen LogP contribution in [0.1, 0.15) is 48.2 Å². The van der Waals surface area contributed by atoms with Crippen LogP contribution in [0, 0.1) is 0 Å². The number of ether oxygens (including phenoxy) is 1. The van der Waals surface area contributed by atoms with Crippen molar-refractivity contribution in [1.29, 1.82) is 0 Å². The molecule has 29 heavy (non-hydrogen) atoms. The molecule has 0 aliphatic carbocycles. The lowest BCUT2D eigenvalue weighted by atomic mass is 10.1. The van der Waals surface area contributed by atoms with Gasteiger partial charge in [0, 0.05) is 74.7 Å². The lowest BCUT2D eigenvalue weighted by molar-refractivity contribution is 0.0776. The molecular weight excluding hydrogens is 364 g/mol. The van der Waals surface area contributed by atoms with Crippen LogP contribution in [-0.4, -0.2) is 49.1 Å². The van der Waals surface area contributed by atoms with Gasteiger partial charge < -0.3 is 19.9 Å². The molecule has 0 atom stereocenters. The quantitative estimate of drug-likeness (QED) is 0.624. The van der Waals surface area contributed by atoms with Crippen LogP contribution in [0.15, 0.2) is 36.7 Å². The van der Waals surface area contributed by atoms with Crippen LogP contribution in [0.5, 0.6) is 0 Å². The van der Waals surface area contributed by atoms with Gasteiger partial charge in [-0.2, -0.15) is 0 Å². The first-order valence-corrected chi connectivity index (χ1v) is 10.5. The van der Waals surface area contributed by atoms with Crippen molar-refractivity contribution in [3.05, 3.63) is 53.3 Å². The summed E-state index contributed by atoms with van der Waals surface area (Å²) < 4.78 is 5.24. The van der Waals surface area contributed by atoms with E-state index >= 15 is 0 Å². The number of fused-ring (bicyclic) bond motifs is 1. The van der Waals surface area contributed by atoms with E-state index in [0.29, 0.717) is 19.7 Å². The van der Waals surface area contributed by atoms with Crippen molar-refractivity contribution >= 4 is 17.3 Å². The maximum absolute atomic E-state index is 12.5. The largest absolute Gasteiger partial charge is 0.383 e. The molecule has 6 heteroatoms. The number of nitrogens with one attached hydrogen (secondary N) is 1. The number of anilines is 2. The van der Waals surface area contributed by atoms with Crippen LogP contribution in [0.4, 0.5) is 11.4 Å². The topological polar surface area (TPSA) is 57.7 Å². The van der Waals surface area contributed by atoms with E-state index in [0.717, 1.165) is 54.9 Å². The van der Waals surface area contributed by atoms with Gasteiger partial charge in [0.1, 0.15) is 0 Å². The Morgan fingerprint density at radius 3 is 2.90 bits per heavy atom. The van der Waals surface area contributed by atoms with E-state index in [1.165, 1.54) is 5.69 Å². The third-order valence-electron chi connectivity index (χ3n) is 5.41. The number of rotatable bonds is 11. The number of benzene rings is 1. The van der Waals surface area contributed by atoms with Gasteiger partial charge in [0.25, 0.3) is 5.91 Å². The minimum absolute atomic E-state index is 0.159. The number of carbonyl (C=O) groups is 1. The van der Waals surface area contributed by atoms with Crippen molar-refractivity contribution in [2.75, 3.05) is 43.6 Å². The maximum Gasteiger partial charge on any atom is 0.254 e. The Hall–Kier alpha value is -2.60. The minimum atomic E-state index is 0.159. The standard InChI is InChI=1S/C23H32N4O2/c1-4-6-11-27-17-18-14-20(7-8-21(18)23(27)28)25-16-19-15-24-10-9-22(19)26(5-2)12-13-29-3/h7-10,14-15,25H,4-6,11-13,16-17H2,1-3H3. The van der Waals surface area contributed by atoms with Gasteiger partial charge in [0.15, 0.2) is 0 Å². The average molecular weight is 397 g/mol. The molecule has 1 aliphatic rings. The number of aromatic nitrogens is 1. The predicted molar refractivity (Wildman–Crippen MR) is 117 cm³/mol. The number of nitrogens with zero attached hydrogens (tertiary/aromatic N) is 3. The lowest BCUT2D eigenvalue weighted by Crippen LogP contribution is -2.28. The Balaban J connectivity index is 1.68. The summed E-state index contributed by atoms with van der Waals surface area (Å²) in [7, 11) is 1.73. The summed E-state index contributed by atoms with van der Waals surface area (Å²) in [6, 6.07) is 8.12. The van der Waals surface area contributed by atoms with Crippen LogP contribution in [0.2, 0.25) is 0 Å². The second kappa shape index (κ2) is 10.3. The van der Waals surface area contributed by atoms with Crippen molar-refractivity contribution in [2.24, 2.45) is 0 Å². The summed E-state index contributed by atoms with van der Waals surface area (Å²) in [6.45, 7) is 8.97. The fourth-order valence-electron chi connectivity index (χ4n) is 3.73. The number of hydrogen-bond acceptors (Lipinski definition) is 5. The second-order valence-corrected chi connectivity index (χ2v) is 7.38. The van der Waals surface area contributed by atoms with E-state index in [4.69, 9.17) is 4.74 Å². The van der Waals surface area contributed by atoms with E-state index in [1.54, 1.807) is 7.11 Å². The van der Waals surface area contributed by atoms with Crippen molar-refractivity contribution in [3.63, 3.8) is 0 Å². The molecule has 2 aromatic rings. The van der Waals surface area contributed by atoms with Crippen molar-refractivity contribution in [2.45, 2.75) is 39.8 Å². The molecule has 0 radical (unpaired) electrons. The Kier molecular flexibility index (Phi) is 7.47. The highest BCUT2D eigenvalue weighted by atomic mass is 16.5. The van der Waals surface area contributed by atoms with E-state index in [2.05, 4.69) is 41.2 Å². The maximum atomic E-state index is 12.5. The highest BCUT2D eigenvalue weighted by Crippen LogP contribution is 2.27. The fourth-order valence-corrected chi connectivity index (χ4v) is 3.73. The number of methoxy groups -OCH3 is 1. The van der Waals surface area contributed by atoms with E-state index < -0.39 is 0 Å². The number of likely N-dealkylation sites (N-methyl/N-ethyl adjacent to an activating group) is 1. The molecule has 2 heterocycles. The highest BCUT2D eigenvalue weighted by Gasteiger charge is 2.26. The van der Waals surface area contributed by atoms with Crippen molar-refractivity contribution < 1.29 is 9.53 Å². The van der Waals surface area contributed by atoms with E-state index in [1.807, 2.05) is 29.4 Å². The molecule has 156 valence electrons. The van der Waals surface area contributed by atoms with Gasteiger partial charge in [-0.1, -0.05) is 13.3 Å². The molecule has 3 rings (SSSR count). The lowest BCUT2D eigenvalue weighted by Gasteiger charge is -2.25. The summed E-state index contributed by atoms with van der Waals surface area (Å²) in [5, 5.41) is 3.51. The molecule has 0 saturated carbocycles. The van der Waals surface area contributed by atoms with Gasteiger partial charge >= 0.3 is 0 Å². The normalized spacial score (nSPS) is 12.9. The molecule has 0 saturated heterocycles. The molecule has 0 fully saturated rings. The van der Waals surface area contributed by atoms with Gasteiger partial charge in [0.2, 0.25) is 0 Å². The van der Waals surface area contributed by atoms with Gasteiger partial charge in [-0.3, -0.25) is 9.78 Å². The van der Waals surface area contributed by atoms with E-state index in [9.17, 15) is 4.79 Å². The Morgan fingerprint density at radius 2 is 2.14 bits per heavy atom. The van der Waals surface area contributed by atoms with Crippen molar-refractivity contribution in [1.82, 2.24) is 9.88 Å². The third-order valence-corrected chi connectivity index (χ3v) is 5.41. The zero-order valence-electron chi connectivity index (χ0n) is 17.8. The second-order valence-electron chi connectivity index (χ2n) is 7.38. The van der Waals surface area contributed by atoms with Gasteiger partial charge in [-0.25, -0.2) is 0 Å². The van der Waals surface area contributed by atoms with Gasteiger partial charge in [0.05, 0.1) is 6.61 Å². The first-order valence-electron chi connectivity index (χ1n) is 10.5. The monoisotopic (exact) mass is 396 g/mol. The molecule has 1 aromatic carbocycles. The Labute approximate surface area is 173 Å². The van der Waals surface area contributed by atoms with Crippen LogP contribution >= 0.6 is 0 Å². The zero-order chi connectivity index (χ0) is 20.6. The molecule has 0 unspecified atom stereocenters. The summed E-state index contributed by atoms with van der Waals surface area (Å²) in [5.41, 5.74) is 5.30. The molecule has 1 N–H and O–H groups in total. The molecule has 0 spiro atoms. The number of amides is 1. The predicted octanol–water partition coefficient (Wildman–Crippen LogP) is 3.92. The van der Waals surface area contributed by atoms with Crippen LogP contribution in [0.25, 0.3) is 0 Å². The molecule has 0 bridgehead atoms. The Bertz CT molecular complexity index is 824. The van der Waals surface area contributed by atoms with E-state index in [-0.39, 0.29) is 5.91 Å². The number of carbonyl (C=O) groups excluding carboxylic acids is 1. The number of pyridine rings is 1. The van der Waals surface area contributed by atoms with Gasteiger partial charge in [-0.05, 0) is 43.2 Å². The molecular formula is C23H32N4O2. The summed E-state index contributed by atoms with van der Waals surface area (Å²) in [6.07, 6.45) is 5.90. The summed E-state index contributed by atoms with van der Waals surface area (Å²) >= 11 is 0. The number of hydrogen-bond donors (Lipinski definition) is 1. The summed E-state index contributed by atoms with van der Waals surface area (Å²) in [4.78, 5) is 21.1. The Morgan fingerprint density at radius 1 is 1.28 bits per heavy atom. The average Bonchev–Trinajstić information content (AvgIpc) is 3.07. The van der Waals surface area contributed by atoms with Gasteiger partial charge in [-0.15, -0.1) is 0 Å². The van der Waals surface area contributed by atoms with Crippen LogP contribution in [-0.2, 0) is 17.8 Å². The zero-order valence-corrected chi connectivity index (χ0v) is 17.8. The smallest absolute Gasteiger partial charge is 0.254 e.